The van der Waals surface area contributed by atoms with Gasteiger partial charge in [0.25, 0.3) is 0 Å². The predicted octanol–water partition coefficient (Wildman–Crippen LogP) is 3.31. The molecule has 0 amide bonds. The molecule has 0 aliphatic carbocycles. The lowest BCUT2D eigenvalue weighted by atomic mass is 10.0. The van der Waals surface area contributed by atoms with Crippen LogP contribution in [0.15, 0.2) is 24.3 Å². The van der Waals surface area contributed by atoms with E-state index in [1.165, 1.54) is 0 Å². The Morgan fingerprint density at radius 3 is 2.60 bits per heavy atom. The summed E-state index contributed by atoms with van der Waals surface area (Å²) in [6.45, 7) is 4.85. The van der Waals surface area contributed by atoms with Crippen molar-refractivity contribution in [1.82, 2.24) is 0 Å². The van der Waals surface area contributed by atoms with Gasteiger partial charge in [0.1, 0.15) is 5.75 Å². The zero-order valence-electron chi connectivity index (χ0n) is 9.57. The molecule has 0 fully saturated rings. The van der Waals surface area contributed by atoms with E-state index in [1.54, 1.807) is 0 Å². The molecule has 0 aromatic heterocycles. The summed E-state index contributed by atoms with van der Waals surface area (Å²) in [5, 5.41) is 9.92. The maximum absolute atomic E-state index is 9.92. The van der Waals surface area contributed by atoms with Crippen LogP contribution in [0.4, 0.5) is 0 Å². The highest BCUT2D eigenvalue weighted by atomic mass is 16.5. The average Bonchev–Trinajstić information content (AvgIpc) is 2.27. The molecule has 0 heterocycles. The van der Waals surface area contributed by atoms with Crippen molar-refractivity contribution in [2.45, 2.75) is 39.2 Å². The van der Waals surface area contributed by atoms with Gasteiger partial charge in [-0.15, -0.1) is 0 Å². The molecule has 1 rings (SSSR count). The summed E-state index contributed by atoms with van der Waals surface area (Å²) in [6.07, 6.45) is 2.34. The summed E-state index contributed by atoms with van der Waals surface area (Å²) in [7, 11) is 0. The van der Waals surface area contributed by atoms with Crippen LogP contribution in [0.3, 0.4) is 0 Å². The Balaban J connectivity index is 2.75. The molecule has 0 aliphatic rings. The Labute approximate surface area is 91.9 Å². The first-order valence-electron chi connectivity index (χ1n) is 5.69. The minimum absolute atomic E-state index is 0.400. The van der Waals surface area contributed by atoms with Crippen molar-refractivity contribution in [2.75, 3.05) is 6.61 Å². The number of aliphatic hydroxyl groups excluding tert-OH is 1. The van der Waals surface area contributed by atoms with E-state index in [9.17, 15) is 5.11 Å². The van der Waals surface area contributed by atoms with Gasteiger partial charge in [-0.25, -0.2) is 0 Å². The van der Waals surface area contributed by atoms with E-state index in [2.05, 4.69) is 13.8 Å². The summed E-state index contributed by atoms with van der Waals surface area (Å²) >= 11 is 0. The van der Waals surface area contributed by atoms with Crippen LogP contribution in [-0.2, 0) is 0 Å². The Morgan fingerprint density at radius 2 is 1.93 bits per heavy atom. The Morgan fingerprint density at radius 1 is 1.20 bits per heavy atom. The van der Waals surface area contributed by atoms with Gasteiger partial charge in [0, 0.05) is 5.56 Å². The lowest BCUT2D eigenvalue weighted by Crippen LogP contribution is -2.03. The highest BCUT2D eigenvalue weighted by Crippen LogP contribution is 2.27. The summed E-state index contributed by atoms with van der Waals surface area (Å²) in [5.41, 5.74) is 0.910. The number of aliphatic hydroxyl groups is 1. The molecule has 0 bridgehead atoms. The molecule has 1 aromatic rings. The zero-order chi connectivity index (χ0) is 11.1. The largest absolute Gasteiger partial charge is 0.493 e. The first-order chi connectivity index (χ1) is 7.29. The van der Waals surface area contributed by atoms with E-state index in [4.69, 9.17) is 4.74 Å². The number of ether oxygens (including phenoxy) is 1. The van der Waals surface area contributed by atoms with Crippen molar-refractivity contribution < 1.29 is 9.84 Å². The van der Waals surface area contributed by atoms with Gasteiger partial charge in [0.15, 0.2) is 0 Å². The molecule has 1 atom stereocenters. The summed E-state index contributed by atoms with van der Waals surface area (Å²) in [4.78, 5) is 0. The van der Waals surface area contributed by atoms with Gasteiger partial charge in [-0.2, -0.15) is 0 Å². The normalized spacial score (nSPS) is 12.5. The van der Waals surface area contributed by atoms with E-state index in [-0.39, 0.29) is 0 Å². The number of hydrogen-bond acceptors (Lipinski definition) is 2. The second-order valence-corrected chi connectivity index (χ2v) is 3.69. The second kappa shape index (κ2) is 6.46. The topological polar surface area (TPSA) is 29.5 Å². The van der Waals surface area contributed by atoms with Crippen LogP contribution < -0.4 is 4.74 Å². The third kappa shape index (κ3) is 3.56. The Hall–Kier alpha value is -1.02. The van der Waals surface area contributed by atoms with E-state index in [0.717, 1.165) is 30.6 Å². The lowest BCUT2D eigenvalue weighted by molar-refractivity contribution is 0.160. The quantitative estimate of drug-likeness (QED) is 0.777. The number of para-hydroxylation sites is 1. The fraction of sp³-hybridized carbons (Fsp3) is 0.538. The Kier molecular flexibility index (Phi) is 5.19. The van der Waals surface area contributed by atoms with Crippen molar-refractivity contribution >= 4 is 0 Å². The van der Waals surface area contributed by atoms with Crippen molar-refractivity contribution in [3.05, 3.63) is 29.8 Å². The standard InChI is InChI=1S/C13H20O2/c1-3-7-12(14)11-8-5-6-9-13(11)15-10-4-2/h5-6,8-9,12,14H,3-4,7,10H2,1-2H3. The van der Waals surface area contributed by atoms with Crippen molar-refractivity contribution in [3.63, 3.8) is 0 Å². The molecule has 0 saturated carbocycles. The monoisotopic (exact) mass is 208 g/mol. The predicted molar refractivity (Wildman–Crippen MR) is 62.1 cm³/mol. The molecule has 1 N–H and O–H groups in total. The average molecular weight is 208 g/mol. The van der Waals surface area contributed by atoms with Crippen LogP contribution >= 0.6 is 0 Å². The van der Waals surface area contributed by atoms with E-state index in [1.807, 2.05) is 24.3 Å². The summed E-state index contributed by atoms with van der Waals surface area (Å²) < 4.78 is 5.59. The molecule has 2 heteroatoms. The van der Waals surface area contributed by atoms with Gasteiger partial charge in [-0.1, -0.05) is 38.5 Å². The molecule has 1 unspecified atom stereocenters. The third-order valence-corrected chi connectivity index (χ3v) is 2.30. The third-order valence-electron chi connectivity index (χ3n) is 2.30. The van der Waals surface area contributed by atoms with E-state index >= 15 is 0 Å². The molecule has 0 saturated heterocycles. The highest BCUT2D eigenvalue weighted by molar-refractivity contribution is 5.34. The number of hydrogen-bond donors (Lipinski definition) is 1. The maximum Gasteiger partial charge on any atom is 0.125 e. The minimum atomic E-state index is -0.400. The molecule has 0 aliphatic heterocycles. The lowest BCUT2D eigenvalue weighted by Gasteiger charge is -2.15. The highest BCUT2D eigenvalue weighted by Gasteiger charge is 2.11. The number of benzene rings is 1. The van der Waals surface area contributed by atoms with Gasteiger partial charge in [-0.3, -0.25) is 0 Å². The number of rotatable bonds is 6. The molecule has 84 valence electrons. The zero-order valence-corrected chi connectivity index (χ0v) is 9.57. The van der Waals surface area contributed by atoms with Crippen LogP contribution in [0.2, 0.25) is 0 Å². The molecular formula is C13H20O2. The molecule has 2 nitrogen and oxygen atoms in total. The van der Waals surface area contributed by atoms with Crippen molar-refractivity contribution in [1.29, 1.82) is 0 Å². The van der Waals surface area contributed by atoms with Crippen LogP contribution in [0.1, 0.15) is 44.8 Å². The summed E-state index contributed by atoms with van der Waals surface area (Å²) in [6, 6.07) is 7.73. The van der Waals surface area contributed by atoms with Crippen LogP contribution in [-0.4, -0.2) is 11.7 Å². The fourth-order valence-corrected chi connectivity index (χ4v) is 1.53. The van der Waals surface area contributed by atoms with Gasteiger partial charge >= 0.3 is 0 Å². The first kappa shape index (κ1) is 12.1. The summed E-state index contributed by atoms with van der Waals surface area (Å²) in [5.74, 6) is 0.820. The van der Waals surface area contributed by atoms with Crippen LogP contribution in [0.25, 0.3) is 0 Å². The molecule has 0 spiro atoms. The molecule has 15 heavy (non-hydrogen) atoms. The van der Waals surface area contributed by atoms with Gasteiger partial charge in [0.2, 0.25) is 0 Å². The Bertz CT molecular complexity index is 284. The van der Waals surface area contributed by atoms with Crippen LogP contribution in [0, 0.1) is 0 Å². The van der Waals surface area contributed by atoms with Gasteiger partial charge in [0.05, 0.1) is 12.7 Å². The minimum Gasteiger partial charge on any atom is -0.493 e. The first-order valence-corrected chi connectivity index (χ1v) is 5.69. The van der Waals surface area contributed by atoms with Crippen molar-refractivity contribution in [2.24, 2.45) is 0 Å². The van der Waals surface area contributed by atoms with E-state index < -0.39 is 6.10 Å². The molecular weight excluding hydrogens is 188 g/mol. The smallest absolute Gasteiger partial charge is 0.125 e. The van der Waals surface area contributed by atoms with Crippen molar-refractivity contribution in [3.8, 4) is 5.75 Å². The van der Waals surface area contributed by atoms with Crippen LogP contribution in [0.5, 0.6) is 5.75 Å². The second-order valence-electron chi connectivity index (χ2n) is 3.69. The van der Waals surface area contributed by atoms with Gasteiger partial charge in [-0.05, 0) is 18.9 Å². The molecule has 0 radical (unpaired) electrons. The fourth-order valence-electron chi connectivity index (χ4n) is 1.53. The van der Waals surface area contributed by atoms with Gasteiger partial charge < -0.3 is 9.84 Å². The molecule has 1 aromatic carbocycles. The SMILES string of the molecule is CCCOc1ccccc1C(O)CCC. The maximum atomic E-state index is 9.92. The van der Waals surface area contributed by atoms with E-state index in [0.29, 0.717) is 6.61 Å².